The number of hydrogen-bond acceptors (Lipinski definition) is 6. The Morgan fingerprint density at radius 2 is 1.93 bits per heavy atom. The molecule has 7 heteroatoms. The Hall–Kier alpha value is -2.70. The largest absolute Gasteiger partial charge is 0.465 e. The monoisotopic (exact) mass is 388 g/mol. The Kier molecular flexibility index (Phi) is 5.54. The van der Waals surface area contributed by atoms with Crippen molar-refractivity contribution in [1.29, 1.82) is 0 Å². The molecular formula is C21H28N2O5. The number of nitrogens with one attached hydrogen (secondary N) is 1. The van der Waals surface area contributed by atoms with Gasteiger partial charge in [0, 0.05) is 36.3 Å². The fourth-order valence-electron chi connectivity index (χ4n) is 3.48. The van der Waals surface area contributed by atoms with E-state index >= 15 is 0 Å². The number of piperidine rings is 1. The first-order chi connectivity index (χ1) is 13.2. The summed E-state index contributed by atoms with van der Waals surface area (Å²) in [4.78, 5) is 26.2. The predicted octanol–water partition coefficient (Wildman–Crippen LogP) is 4.34. The Balaban J connectivity index is 1.72. The Morgan fingerprint density at radius 3 is 2.54 bits per heavy atom. The predicted molar refractivity (Wildman–Crippen MR) is 107 cm³/mol. The number of nitrogens with zero attached hydrogens (tertiary/aromatic N) is 1. The number of carbonyl (C=O) groups is 2. The lowest BCUT2D eigenvalue weighted by atomic mass is 10.00. The molecule has 2 heterocycles. The topological polar surface area (TPSA) is 81.0 Å². The molecule has 1 N–H and O–H groups in total. The van der Waals surface area contributed by atoms with E-state index in [0.29, 0.717) is 24.2 Å². The minimum atomic E-state index is -0.494. The Morgan fingerprint density at radius 1 is 1.25 bits per heavy atom. The van der Waals surface area contributed by atoms with Gasteiger partial charge in [-0.15, -0.1) is 0 Å². The highest BCUT2D eigenvalue weighted by atomic mass is 16.6. The minimum Gasteiger partial charge on any atom is -0.465 e. The maximum atomic E-state index is 12.3. The molecular weight excluding hydrogens is 360 g/mol. The molecule has 1 amide bonds. The van der Waals surface area contributed by atoms with Crippen molar-refractivity contribution in [3.05, 3.63) is 29.5 Å². The van der Waals surface area contributed by atoms with Crippen LogP contribution in [-0.2, 0) is 9.47 Å². The number of hydrogen-bond donors (Lipinski definition) is 1. The molecule has 0 spiro atoms. The molecule has 1 aliphatic rings. The lowest BCUT2D eigenvalue weighted by Gasteiger charge is -2.34. The van der Waals surface area contributed by atoms with Crippen LogP contribution in [0, 0.1) is 6.92 Å². The van der Waals surface area contributed by atoms with E-state index < -0.39 is 5.60 Å². The number of amides is 1. The minimum absolute atomic E-state index is 0.190. The Labute approximate surface area is 165 Å². The van der Waals surface area contributed by atoms with Crippen LogP contribution in [0.4, 0.5) is 10.5 Å². The van der Waals surface area contributed by atoms with Crippen molar-refractivity contribution in [2.45, 2.75) is 52.2 Å². The fraction of sp³-hybridized carbons (Fsp3) is 0.524. The second kappa shape index (κ2) is 7.73. The highest BCUT2D eigenvalue weighted by Gasteiger charge is 2.27. The summed E-state index contributed by atoms with van der Waals surface area (Å²) in [5.41, 5.74) is 2.34. The van der Waals surface area contributed by atoms with Crippen LogP contribution in [0.15, 0.2) is 22.8 Å². The summed E-state index contributed by atoms with van der Waals surface area (Å²) < 4.78 is 15.9. The Bertz CT molecular complexity index is 873. The average Bonchev–Trinajstić information content (AvgIpc) is 3.08. The zero-order valence-corrected chi connectivity index (χ0v) is 17.1. The third-order valence-electron chi connectivity index (χ3n) is 4.91. The molecule has 2 aromatic rings. The van der Waals surface area contributed by atoms with Crippen molar-refractivity contribution in [1.82, 2.24) is 4.90 Å². The summed E-state index contributed by atoms with van der Waals surface area (Å²) in [5, 5.41) is 4.26. The summed E-state index contributed by atoms with van der Waals surface area (Å²) in [7, 11) is 1.38. The fourth-order valence-corrected chi connectivity index (χ4v) is 3.48. The highest BCUT2D eigenvalue weighted by molar-refractivity contribution is 6.06. The molecule has 152 valence electrons. The van der Waals surface area contributed by atoms with Crippen molar-refractivity contribution < 1.29 is 23.5 Å². The maximum Gasteiger partial charge on any atom is 0.410 e. The summed E-state index contributed by atoms with van der Waals surface area (Å²) in [6, 6.07) is 3.88. The number of ether oxygens (including phenoxy) is 2. The standard InChI is InChI=1S/C21H28N2O5/c1-13-16(12-17-15(8-11-27-17)18(13)19(24)26-5)22-14-6-9-23(10-7-14)20(25)28-21(2,3)4/h8,11-12,14,22H,6-7,9-10H2,1-5H3. The van der Waals surface area contributed by atoms with Crippen molar-refractivity contribution in [3.8, 4) is 0 Å². The van der Waals surface area contributed by atoms with Gasteiger partial charge in [0.2, 0.25) is 0 Å². The number of anilines is 1. The number of likely N-dealkylation sites (tertiary alicyclic amines) is 1. The van der Waals surface area contributed by atoms with Crippen LogP contribution in [0.1, 0.15) is 49.5 Å². The highest BCUT2D eigenvalue weighted by Crippen LogP contribution is 2.31. The molecule has 0 unspecified atom stereocenters. The molecule has 0 radical (unpaired) electrons. The third-order valence-corrected chi connectivity index (χ3v) is 4.91. The number of fused-ring (bicyclic) bond motifs is 1. The maximum absolute atomic E-state index is 12.3. The molecule has 1 aromatic carbocycles. The van der Waals surface area contributed by atoms with Crippen LogP contribution >= 0.6 is 0 Å². The van der Waals surface area contributed by atoms with Crippen LogP contribution in [-0.4, -0.2) is 48.8 Å². The summed E-state index contributed by atoms with van der Waals surface area (Å²) >= 11 is 0. The van der Waals surface area contributed by atoms with Gasteiger partial charge in [-0.25, -0.2) is 9.59 Å². The first-order valence-electron chi connectivity index (χ1n) is 9.53. The molecule has 0 bridgehead atoms. The number of esters is 1. The van der Waals surface area contributed by atoms with Crippen LogP contribution in [0.5, 0.6) is 0 Å². The number of furan rings is 1. The number of rotatable bonds is 3. The van der Waals surface area contributed by atoms with E-state index in [2.05, 4.69) is 5.32 Å². The summed E-state index contributed by atoms with van der Waals surface area (Å²) in [5.74, 6) is -0.382. The lowest BCUT2D eigenvalue weighted by Crippen LogP contribution is -2.44. The van der Waals surface area contributed by atoms with E-state index in [0.717, 1.165) is 29.5 Å². The first kappa shape index (κ1) is 20.0. The molecule has 28 heavy (non-hydrogen) atoms. The zero-order valence-electron chi connectivity index (χ0n) is 17.1. The molecule has 1 fully saturated rings. The van der Waals surface area contributed by atoms with Gasteiger partial charge in [0.25, 0.3) is 0 Å². The van der Waals surface area contributed by atoms with Crippen molar-refractivity contribution in [3.63, 3.8) is 0 Å². The van der Waals surface area contributed by atoms with E-state index in [1.807, 2.05) is 33.8 Å². The van der Waals surface area contributed by atoms with Gasteiger partial charge < -0.3 is 24.1 Å². The third kappa shape index (κ3) is 4.24. The smallest absolute Gasteiger partial charge is 0.410 e. The van der Waals surface area contributed by atoms with Crippen LogP contribution in [0.25, 0.3) is 11.0 Å². The van der Waals surface area contributed by atoms with Crippen LogP contribution in [0.3, 0.4) is 0 Å². The SMILES string of the molecule is COC(=O)c1c(C)c(NC2CCN(C(=O)OC(C)(C)C)CC2)cc2occc12. The molecule has 0 aliphatic carbocycles. The van der Waals surface area contributed by atoms with Crippen molar-refractivity contribution in [2.24, 2.45) is 0 Å². The molecule has 1 aliphatic heterocycles. The molecule has 0 saturated carbocycles. The summed E-state index contributed by atoms with van der Waals surface area (Å²) in [6.07, 6.45) is 2.89. The number of carbonyl (C=O) groups excluding carboxylic acids is 2. The van der Waals surface area contributed by atoms with E-state index in [1.54, 1.807) is 17.2 Å². The summed E-state index contributed by atoms with van der Waals surface area (Å²) in [6.45, 7) is 8.75. The van der Waals surface area contributed by atoms with E-state index in [1.165, 1.54) is 7.11 Å². The van der Waals surface area contributed by atoms with E-state index in [4.69, 9.17) is 13.9 Å². The van der Waals surface area contributed by atoms with E-state index in [-0.39, 0.29) is 18.1 Å². The van der Waals surface area contributed by atoms with Gasteiger partial charge >= 0.3 is 12.1 Å². The lowest BCUT2D eigenvalue weighted by molar-refractivity contribution is 0.0210. The van der Waals surface area contributed by atoms with Gasteiger partial charge in [-0.2, -0.15) is 0 Å². The number of benzene rings is 1. The normalized spacial score (nSPS) is 15.5. The molecule has 1 aromatic heterocycles. The molecule has 7 nitrogen and oxygen atoms in total. The second-order valence-electron chi connectivity index (χ2n) is 8.13. The first-order valence-corrected chi connectivity index (χ1v) is 9.53. The van der Waals surface area contributed by atoms with Crippen LogP contribution < -0.4 is 5.32 Å². The average molecular weight is 388 g/mol. The second-order valence-corrected chi connectivity index (χ2v) is 8.13. The molecule has 0 atom stereocenters. The van der Waals surface area contributed by atoms with Gasteiger partial charge in [0.1, 0.15) is 11.2 Å². The number of methoxy groups -OCH3 is 1. The van der Waals surface area contributed by atoms with E-state index in [9.17, 15) is 9.59 Å². The van der Waals surface area contributed by atoms with Crippen LogP contribution in [0.2, 0.25) is 0 Å². The van der Waals surface area contributed by atoms with Gasteiger partial charge in [-0.1, -0.05) is 0 Å². The van der Waals surface area contributed by atoms with Crippen molar-refractivity contribution in [2.75, 3.05) is 25.5 Å². The molecule has 3 rings (SSSR count). The molecule has 1 saturated heterocycles. The zero-order chi connectivity index (χ0) is 20.5. The quantitative estimate of drug-likeness (QED) is 0.788. The van der Waals surface area contributed by atoms with Gasteiger partial charge in [-0.3, -0.25) is 0 Å². The van der Waals surface area contributed by atoms with Gasteiger partial charge in [-0.05, 0) is 52.2 Å². The van der Waals surface area contributed by atoms with Crippen molar-refractivity contribution >= 4 is 28.7 Å². The van der Waals surface area contributed by atoms with Gasteiger partial charge in [0.05, 0.1) is 18.9 Å². The van der Waals surface area contributed by atoms with Gasteiger partial charge in [0.15, 0.2) is 0 Å².